The van der Waals surface area contributed by atoms with E-state index in [0.717, 1.165) is 50.1 Å². The molecule has 0 aromatic carbocycles. The lowest BCUT2D eigenvalue weighted by Gasteiger charge is -2.44. The van der Waals surface area contributed by atoms with E-state index in [0.29, 0.717) is 68.5 Å². The molecule has 1 aliphatic heterocycles. The van der Waals surface area contributed by atoms with Crippen LogP contribution in [-0.2, 0) is 14.2 Å². The molecule has 11 nitrogen and oxygen atoms in total. The zero-order valence-electron chi connectivity index (χ0n) is 29.9. The Morgan fingerprint density at radius 2 is 1.29 bits per heavy atom. The van der Waals surface area contributed by atoms with Crippen molar-refractivity contribution in [2.45, 2.75) is 98.8 Å². The van der Waals surface area contributed by atoms with E-state index in [4.69, 9.17) is 20.5 Å². The van der Waals surface area contributed by atoms with Crippen LogP contribution in [-0.4, -0.2) is 72.9 Å². The predicted molar refractivity (Wildman–Crippen MR) is 179 cm³/mol. The first kappa shape index (κ1) is 37.4. The van der Waals surface area contributed by atoms with Gasteiger partial charge in [0.1, 0.15) is 6.61 Å². The number of imide groups is 1. The molecule has 0 spiro atoms. The highest BCUT2D eigenvalue weighted by Crippen LogP contribution is 2.54. The van der Waals surface area contributed by atoms with Crippen LogP contribution in [0, 0.1) is 93.2 Å². The third kappa shape index (κ3) is 9.40. The lowest BCUT2D eigenvalue weighted by Crippen LogP contribution is -2.63. The molecule has 10 unspecified atom stereocenters. The third-order valence-electron chi connectivity index (χ3n) is 12.2. The average molecular weight is 667 g/mol. The van der Waals surface area contributed by atoms with Gasteiger partial charge in [0.15, 0.2) is 0 Å². The quantitative estimate of drug-likeness (QED) is 0.223. The van der Waals surface area contributed by atoms with Crippen molar-refractivity contribution >= 4 is 12.1 Å². The summed E-state index contributed by atoms with van der Waals surface area (Å²) in [6, 6.07) is -0.0955. The molecule has 5 saturated carbocycles. The molecule has 6 rings (SSSR count). The molecule has 0 aromatic heterocycles. The maximum absolute atomic E-state index is 13.9. The summed E-state index contributed by atoms with van der Waals surface area (Å²) in [5.41, 5.74) is 0.0170. The van der Waals surface area contributed by atoms with Gasteiger partial charge in [-0.1, -0.05) is 27.2 Å². The van der Waals surface area contributed by atoms with Crippen LogP contribution in [0.25, 0.3) is 0 Å². The number of amides is 4. The van der Waals surface area contributed by atoms with Crippen molar-refractivity contribution in [3.63, 3.8) is 0 Å². The molecule has 6 fully saturated rings. The predicted octanol–water partition coefficient (Wildman–Crippen LogP) is 7.17. The first-order chi connectivity index (χ1) is 23.0. The van der Waals surface area contributed by atoms with Crippen LogP contribution in [0.15, 0.2) is 0 Å². The summed E-state index contributed by atoms with van der Waals surface area (Å²) >= 11 is 0. The lowest BCUT2D eigenvalue weighted by atomic mass is 9.70. The standard InChI is InChI=1S/C31H48N4O3.2C3H5NO/c1-20-6-21(2)26(7-20)14-33-19-34(15-27-9-22-4-5-24(27)8-22)30(37)35(29(33)36)16-28-11-23-10-25(28)13-31(3,12-23)17-38-18-32;2*1-2-5-3-4/h20-28H,4-17,19H2,1-3H3;2*2H2,1H3. The van der Waals surface area contributed by atoms with Gasteiger partial charge >= 0.3 is 12.1 Å². The van der Waals surface area contributed by atoms with Crippen LogP contribution in [0.4, 0.5) is 9.59 Å². The van der Waals surface area contributed by atoms with E-state index in [9.17, 15) is 9.59 Å². The van der Waals surface area contributed by atoms with Crippen molar-refractivity contribution in [1.29, 1.82) is 15.8 Å². The van der Waals surface area contributed by atoms with Gasteiger partial charge < -0.3 is 24.0 Å². The van der Waals surface area contributed by atoms with Gasteiger partial charge in [-0.15, -0.1) is 0 Å². The number of hydrogen-bond acceptors (Lipinski definition) is 8. The molecule has 0 radical (unpaired) electrons. The Hall–Kier alpha value is -3.39. The highest BCUT2D eigenvalue weighted by molar-refractivity contribution is 5.95. The summed E-state index contributed by atoms with van der Waals surface area (Å²) in [6.45, 7) is 14.5. The molecule has 10 atom stereocenters. The van der Waals surface area contributed by atoms with Crippen molar-refractivity contribution in [2.75, 3.05) is 46.1 Å². The van der Waals surface area contributed by atoms with E-state index in [1.165, 1.54) is 57.5 Å². The van der Waals surface area contributed by atoms with Crippen molar-refractivity contribution in [1.82, 2.24) is 14.7 Å². The number of urea groups is 2. The minimum absolute atomic E-state index is 0.0170. The second-order valence-electron chi connectivity index (χ2n) is 16.0. The number of carbonyl (C=O) groups is 2. The first-order valence-electron chi connectivity index (χ1n) is 18.4. The first-order valence-corrected chi connectivity index (χ1v) is 18.4. The average Bonchev–Trinajstić information content (AvgIpc) is 3.82. The summed E-state index contributed by atoms with van der Waals surface area (Å²) in [6.07, 6.45) is 16.9. The van der Waals surface area contributed by atoms with E-state index < -0.39 is 0 Å². The summed E-state index contributed by atoms with van der Waals surface area (Å²) < 4.78 is 13.5. The highest BCUT2D eigenvalue weighted by Gasteiger charge is 2.50. The van der Waals surface area contributed by atoms with Crippen LogP contribution in [0.2, 0.25) is 0 Å². The molecule has 0 aromatic rings. The van der Waals surface area contributed by atoms with E-state index in [-0.39, 0.29) is 17.5 Å². The fourth-order valence-electron chi connectivity index (χ4n) is 10.4. The van der Waals surface area contributed by atoms with E-state index in [2.05, 4.69) is 30.2 Å². The molecule has 48 heavy (non-hydrogen) atoms. The Balaban J connectivity index is 0.000000458. The summed E-state index contributed by atoms with van der Waals surface area (Å²) in [5, 5.41) is 24.1. The van der Waals surface area contributed by atoms with Gasteiger partial charge in [-0.3, -0.25) is 0 Å². The van der Waals surface area contributed by atoms with Gasteiger partial charge in [0, 0.05) is 25.0 Å². The topological polar surface area (TPSA) is 143 Å². The van der Waals surface area contributed by atoms with Crippen LogP contribution >= 0.6 is 0 Å². The normalized spacial score (nSPS) is 36.2. The molecule has 1 saturated heterocycles. The van der Waals surface area contributed by atoms with E-state index >= 15 is 0 Å². The highest BCUT2D eigenvalue weighted by atomic mass is 16.5. The number of ether oxygens (including phenoxy) is 3. The number of rotatable bonds is 10. The Morgan fingerprint density at radius 3 is 1.79 bits per heavy atom. The van der Waals surface area contributed by atoms with Gasteiger partial charge in [0.2, 0.25) is 0 Å². The Kier molecular flexibility index (Phi) is 13.5. The summed E-state index contributed by atoms with van der Waals surface area (Å²) in [5.74, 6) is 5.55. The fraction of sp³-hybridized carbons (Fsp3) is 0.865. The Labute approximate surface area is 288 Å². The minimum atomic E-state index is -0.0528. The number of fused-ring (bicyclic) bond motifs is 4. The monoisotopic (exact) mass is 666 g/mol. The number of carbonyl (C=O) groups excluding carboxylic acids is 2. The minimum Gasteiger partial charge on any atom is -0.428 e. The lowest BCUT2D eigenvalue weighted by molar-refractivity contribution is 0.0457. The zero-order chi connectivity index (χ0) is 34.8. The second kappa shape index (κ2) is 17.3. The van der Waals surface area contributed by atoms with Gasteiger partial charge in [0.25, 0.3) is 18.8 Å². The molecular weight excluding hydrogens is 608 g/mol. The SMILES string of the molecule is CC1CC(C)C(CN2CN(CC3CC4CCC3C4)C(=O)N(CC3CC4CC3CC(C)(COC#N)C4)C2=O)C1.CCOC#N.CCOC#N. The molecule has 266 valence electrons. The van der Waals surface area contributed by atoms with Crippen LogP contribution < -0.4 is 0 Å². The van der Waals surface area contributed by atoms with Crippen LogP contribution in [0.3, 0.4) is 0 Å². The van der Waals surface area contributed by atoms with E-state index in [1.807, 2.05) is 16.1 Å². The molecule has 4 amide bonds. The number of hydrogen-bond donors (Lipinski definition) is 0. The summed E-state index contributed by atoms with van der Waals surface area (Å²) in [4.78, 5) is 33.6. The molecule has 0 N–H and O–H groups in total. The largest absolute Gasteiger partial charge is 0.428 e. The van der Waals surface area contributed by atoms with Crippen molar-refractivity contribution in [2.24, 2.45) is 58.7 Å². The number of nitriles is 3. The van der Waals surface area contributed by atoms with Crippen LogP contribution in [0.1, 0.15) is 98.8 Å². The molecule has 5 aliphatic carbocycles. The van der Waals surface area contributed by atoms with Crippen molar-refractivity contribution in [3.8, 4) is 18.8 Å². The second-order valence-corrected chi connectivity index (χ2v) is 16.0. The van der Waals surface area contributed by atoms with Gasteiger partial charge in [0.05, 0.1) is 19.9 Å². The van der Waals surface area contributed by atoms with Crippen LogP contribution in [0.5, 0.6) is 0 Å². The Morgan fingerprint density at radius 1 is 0.708 bits per heavy atom. The molecule has 6 aliphatic rings. The smallest absolute Gasteiger partial charge is 0.329 e. The van der Waals surface area contributed by atoms with Crippen molar-refractivity contribution < 1.29 is 23.8 Å². The molecule has 1 heterocycles. The third-order valence-corrected chi connectivity index (χ3v) is 12.2. The Bertz CT molecular complexity index is 1170. The maximum atomic E-state index is 13.9. The van der Waals surface area contributed by atoms with Crippen molar-refractivity contribution in [3.05, 3.63) is 0 Å². The molecule has 11 heteroatoms. The molecular formula is C37H58N6O5. The summed E-state index contributed by atoms with van der Waals surface area (Å²) in [7, 11) is 0. The fourth-order valence-corrected chi connectivity index (χ4v) is 10.4. The van der Waals surface area contributed by atoms with Gasteiger partial charge in [-0.2, -0.15) is 15.8 Å². The van der Waals surface area contributed by atoms with Gasteiger partial charge in [-0.05, 0) is 125 Å². The molecule has 4 bridgehead atoms. The number of nitrogens with zero attached hydrogens (tertiary/aromatic N) is 6. The van der Waals surface area contributed by atoms with Gasteiger partial charge in [-0.25, -0.2) is 14.5 Å². The van der Waals surface area contributed by atoms with E-state index in [1.54, 1.807) is 18.7 Å². The zero-order valence-corrected chi connectivity index (χ0v) is 29.9. The maximum Gasteiger partial charge on any atom is 0.329 e.